The molecule has 4 heteroatoms. The standard InChI is InChI=1S/C16H21N3O/c1-19-7-3-4-13(11-19)9-18-15-6-2-5-14(8-15)16-10-17-12-20-16/h2,5-6,8,10,12-13,18H,3-4,7,9,11H2,1H3. The van der Waals surface area contributed by atoms with E-state index in [2.05, 4.69) is 34.4 Å². The number of nitrogens with zero attached hydrogens (tertiary/aromatic N) is 2. The van der Waals surface area contributed by atoms with Crippen molar-refractivity contribution in [3.05, 3.63) is 36.9 Å². The molecule has 2 heterocycles. The first kappa shape index (κ1) is 13.2. The highest BCUT2D eigenvalue weighted by Crippen LogP contribution is 2.23. The van der Waals surface area contributed by atoms with Crippen LogP contribution in [-0.2, 0) is 0 Å². The van der Waals surface area contributed by atoms with Gasteiger partial charge in [0.05, 0.1) is 6.20 Å². The van der Waals surface area contributed by atoms with Crippen LogP contribution in [0, 0.1) is 5.92 Å². The molecule has 1 saturated heterocycles. The molecule has 1 N–H and O–H groups in total. The van der Waals surface area contributed by atoms with Gasteiger partial charge >= 0.3 is 0 Å². The molecule has 3 rings (SSSR count). The second-order valence-electron chi connectivity index (χ2n) is 5.60. The highest BCUT2D eigenvalue weighted by Gasteiger charge is 2.16. The summed E-state index contributed by atoms with van der Waals surface area (Å²) >= 11 is 0. The summed E-state index contributed by atoms with van der Waals surface area (Å²) in [4.78, 5) is 6.38. The lowest BCUT2D eigenvalue weighted by atomic mass is 9.98. The van der Waals surface area contributed by atoms with E-state index in [-0.39, 0.29) is 0 Å². The normalized spacial score (nSPS) is 19.9. The Labute approximate surface area is 119 Å². The molecular formula is C16H21N3O. The highest BCUT2D eigenvalue weighted by molar-refractivity contribution is 5.63. The second-order valence-corrected chi connectivity index (χ2v) is 5.60. The maximum absolute atomic E-state index is 5.34. The minimum atomic E-state index is 0.739. The molecule has 0 amide bonds. The molecule has 4 nitrogen and oxygen atoms in total. The summed E-state index contributed by atoms with van der Waals surface area (Å²) in [6.07, 6.45) is 5.84. The van der Waals surface area contributed by atoms with Crippen molar-refractivity contribution in [2.24, 2.45) is 5.92 Å². The molecule has 1 unspecified atom stereocenters. The highest BCUT2D eigenvalue weighted by atomic mass is 16.3. The fourth-order valence-electron chi connectivity index (χ4n) is 2.84. The van der Waals surface area contributed by atoms with Crippen molar-refractivity contribution in [1.29, 1.82) is 0 Å². The number of nitrogens with one attached hydrogen (secondary N) is 1. The van der Waals surface area contributed by atoms with Gasteiger partial charge in [0.1, 0.15) is 0 Å². The molecule has 1 aliphatic heterocycles. The second kappa shape index (κ2) is 6.09. The van der Waals surface area contributed by atoms with Crippen LogP contribution in [-0.4, -0.2) is 36.6 Å². The van der Waals surface area contributed by atoms with Crippen LogP contribution in [0.1, 0.15) is 12.8 Å². The molecule has 1 atom stereocenters. The van der Waals surface area contributed by atoms with E-state index in [9.17, 15) is 0 Å². The fourth-order valence-corrected chi connectivity index (χ4v) is 2.84. The Morgan fingerprint density at radius 2 is 2.40 bits per heavy atom. The third-order valence-electron chi connectivity index (χ3n) is 3.90. The van der Waals surface area contributed by atoms with Gasteiger partial charge in [-0.05, 0) is 44.5 Å². The minimum Gasteiger partial charge on any atom is -0.444 e. The molecule has 1 aromatic heterocycles. The van der Waals surface area contributed by atoms with E-state index in [1.165, 1.54) is 32.3 Å². The first-order valence-electron chi connectivity index (χ1n) is 7.22. The monoisotopic (exact) mass is 271 g/mol. The van der Waals surface area contributed by atoms with Crippen LogP contribution in [0.2, 0.25) is 0 Å². The molecular weight excluding hydrogens is 250 g/mol. The summed E-state index contributed by atoms with van der Waals surface area (Å²) in [7, 11) is 2.21. The molecule has 0 bridgehead atoms. The summed E-state index contributed by atoms with van der Waals surface area (Å²) in [5.74, 6) is 1.55. The van der Waals surface area contributed by atoms with Gasteiger partial charge in [0.2, 0.25) is 0 Å². The average molecular weight is 271 g/mol. The quantitative estimate of drug-likeness (QED) is 0.927. The summed E-state index contributed by atoms with van der Waals surface area (Å²) < 4.78 is 5.34. The number of hydrogen-bond acceptors (Lipinski definition) is 4. The minimum absolute atomic E-state index is 0.739. The number of benzene rings is 1. The largest absolute Gasteiger partial charge is 0.444 e. The van der Waals surface area contributed by atoms with Crippen LogP contribution in [0.4, 0.5) is 5.69 Å². The Kier molecular flexibility index (Phi) is 4.02. The molecule has 2 aromatic rings. The first-order chi connectivity index (χ1) is 9.81. The lowest BCUT2D eigenvalue weighted by Crippen LogP contribution is -2.35. The van der Waals surface area contributed by atoms with Gasteiger partial charge in [-0.3, -0.25) is 0 Å². The smallest absolute Gasteiger partial charge is 0.181 e. The average Bonchev–Trinajstić information content (AvgIpc) is 3.00. The van der Waals surface area contributed by atoms with Crippen LogP contribution >= 0.6 is 0 Å². The van der Waals surface area contributed by atoms with Gasteiger partial charge in [0, 0.05) is 24.3 Å². The molecule has 20 heavy (non-hydrogen) atoms. The number of likely N-dealkylation sites (tertiary alicyclic amines) is 1. The predicted molar refractivity (Wildman–Crippen MR) is 80.6 cm³/mol. The Morgan fingerprint density at radius 3 is 3.20 bits per heavy atom. The van der Waals surface area contributed by atoms with Gasteiger partial charge in [-0.2, -0.15) is 0 Å². The zero-order chi connectivity index (χ0) is 13.8. The third-order valence-corrected chi connectivity index (χ3v) is 3.90. The molecule has 1 aliphatic rings. The molecule has 106 valence electrons. The summed E-state index contributed by atoms with van der Waals surface area (Å²) in [5, 5.41) is 3.55. The van der Waals surface area contributed by atoms with Gasteiger partial charge in [0.25, 0.3) is 0 Å². The summed E-state index contributed by atoms with van der Waals surface area (Å²) in [6, 6.07) is 8.31. The van der Waals surface area contributed by atoms with E-state index in [4.69, 9.17) is 4.42 Å². The number of hydrogen-bond donors (Lipinski definition) is 1. The van der Waals surface area contributed by atoms with Crippen LogP contribution in [0.25, 0.3) is 11.3 Å². The van der Waals surface area contributed by atoms with E-state index in [1.807, 2.05) is 12.1 Å². The fraction of sp³-hybridized carbons (Fsp3) is 0.438. The van der Waals surface area contributed by atoms with Crippen molar-refractivity contribution >= 4 is 5.69 Å². The number of oxazole rings is 1. The number of aromatic nitrogens is 1. The van der Waals surface area contributed by atoms with Gasteiger partial charge in [-0.25, -0.2) is 4.98 Å². The van der Waals surface area contributed by atoms with Crippen molar-refractivity contribution in [3.63, 3.8) is 0 Å². The van der Waals surface area contributed by atoms with E-state index in [0.717, 1.165) is 29.5 Å². The lowest BCUT2D eigenvalue weighted by molar-refractivity contribution is 0.217. The van der Waals surface area contributed by atoms with E-state index < -0.39 is 0 Å². The first-order valence-corrected chi connectivity index (χ1v) is 7.22. The van der Waals surface area contributed by atoms with E-state index >= 15 is 0 Å². The van der Waals surface area contributed by atoms with E-state index in [0.29, 0.717) is 0 Å². The van der Waals surface area contributed by atoms with Gasteiger partial charge in [-0.1, -0.05) is 12.1 Å². The van der Waals surface area contributed by atoms with Crippen molar-refractivity contribution < 1.29 is 4.42 Å². The van der Waals surface area contributed by atoms with Crippen molar-refractivity contribution in [3.8, 4) is 11.3 Å². The number of piperidine rings is 1. The zero-order valence-corrected chi connectivity index (χ0v) is 11.9. The number of anilines is 1. The molecule has 1 fully saturated rings. The molecule has 0 saturated carbocycles. The molecule has 1 aromatic carbocycles. The maximum Gasteiger partial charge on any atom is 0.181 e. The zero-order valence-electron chi connectivity index (χ0n) is 11.9. The van der Waals surface area contributed by atoms with Gasteiger partial charge in [-0.15, -0.1) is 0 Å². The Morgan fingerprint density at radius 1 is 1.45 bits per heavy atom. The van der Waals surface area contributed by atoms with Crippen LogP contribution in [0.5, 0.6) is 0 Å². The molecule has 0 aliphatic carbocycles. The van der Waals surface area contributed by atoms with Gasteiger partial charge < -0.3 is 14.6 Å². The topological polar surface area (TPSA) is 41.3 Å². The van der Waals surface area contributed by atoms with Crippen molar-refractivity contribution in [2.45, 2.75) is 12.8 Å². The van der Waals surface area contributed by atoms with Crippen molar-refractivity contribution in [2.75, 3.05) is 32.0 Å². The molecule has 0 spiro atoms. The van der Waals surface area contributed by atoms with Crippen LogP contribution in [0.3, 0.4) is 0 Å². The van der Waals surface area contributed by atoms with Crippen LogP contribution in [0.15, 0.2) is 41.3 Å². The maximum atomic E-state index is 5.34. The third kappa shape index (κ3) is 3.20. The Hall–Kier alpha value is -1.81. The SMILES string of the molecule is CN1CCCC(CNc2cccc(-c3cnco3)c2)C1. The Balaban J connectivity index is 1.61. The summed E-state index contributed by atoms with van der Waals surface area (Å²) in [6.45, 7) is 3.45. The van der Waals surface area contributed by atoms with Crippen LogP contribution < -0.4 is 5.32 Å². The Bertz CT molecular complexity index is 538. The number of rotatable bonds is 4. The van der Waals surface area contributed by atoms with E-state index in [1.54, 1.807) is 6.20 Å². The molecule has 0 radical (unpaired) electrons. The summed E-state index contributed by atoms with van der Waals surface area (Å²) in [5.41, 5.74) is 2.21. The lowest BCUT2D eigenvalue weighted by Gasteiger charge is -2.30. The van der Waals surface area contributed by atoms with Gasteiger partial charge in [0.15, 0.2) is 12.2 Å². The predicted octanol–water partition coefficient (Wildman–Crippen LogP) is 3.10. The van der Waals surface area contributed by atoms with Crippen molar-refractivity contribution in [1.82, 2.24) is 9.88 Å².